The van der Waals surface area contributed by atoms with Crippen LogP contribution in [0.5, 0.6) is 0 Å². The molecular weight excluding hydrogens is 244 g/mol. The lowest BCUT2D eigenvalue weighted by molar-refractivity contribution is 0.791. The molecule has 70 valence electrons. The molecule has 1 rings (SSSR count). The van der Waals surface area contributed by atoms with Gasteiger partial charge in [-0.2, -0.15) is 12.6 Å². The summed E-state index contributed by atoms with van der Waals surface area (Å²) < 4.78 is 1.04. The second-order valence-electron chi connectivity index (χ2n) is 3.01. The maximum absolute atomic E-state index is 4.34. The molecule has 0 aromatic heterocycles. The van der Waals surface area contributed by atoms with E-state index in [1.54, 1.807) is 0 Å². The van der Waals surface area contributed by atoms with Crippen molar-refractivity contribution < 1.29 is 0 Å². The second-order valence-corrected chi connectivity index (χ2v) is 4.50. The van der Waals surface area contributed by atoms with Crippen molar-refractivity contribution in [3.8, 4) is 0 Å². The van der Waals surface area contributed by atoms with Crippen molar-refractivity contribution in [3.05, 3.63) is 47.0 Å². The zero-order chi connectivity index (χ0) is 9.68. The van der Waals surface area contributed by atoms with Gasteiger partial charge in [0, 0.05) is 0 Å². The summed E-state index contributed by atoms with van der Waals surface area (Å²) in [5.41, 5.74) is 1.33. The summed E-state index contributed by atoms with van der Waals surface area (Å²) in [7, 11) is 0. The van der Waals surface area contributed by atoms with Crippen LogP contribution in [0.15, 0.2) is 41.4 Å². The minimum Gasteiger partial charge on any atom is -0.179 e. The molecule has 0 spiro atoms. The molecule has 0 heterocycles. The van der Waals surface area contributed by atoms with E-state index in [0.717, 1.165) is 16.7 Å². The third kappa shape index (κ3) is 3.57. The average Bonchev–Trinajstić information content (AvgIpc) is 2.15. The molecule has 1 atom stereocenters. The minimum absolute atomic E-state index is 0.469. The van der Waals surface area contributed by atoms with Crippen molar-refractivity contribution >= 4 is 28.6 Å². The van der Waals surface area contributed by atoms with E-state index in [9.17, 15) is 0 Å². The van der Waals surface area contributed by atoms with E-state index >= 15 is 0 Å². The number of hydrogen-bond donors (Lipinski definition) is 1. The largest absolute Gasteiger partial charge is 0.179 e. The number of rotatable bonds is 4. The summed E-state index contributed by atoms with van der Waals surface area (Å²) in [5.74, 6) is 1.32. The maximum Gasteiger partial charge on any atom is -0.00255 e. The highest BCUT2D eigenvalue weighted by atomic mass is 79.9. The van der Waals surface area contributed by atoms with Crippen LogP contribution in [0.3, 0.4) is 0 Å². The van der Waals surface area contributed by atoms with Crippen LogP contribution >= 0.6 is 28.6 Å². The lowest BCUT2D eigenvalue weighted by Gasteiger charge is -2.13. The summed E-state index contributed by atoms with van der Waals surface area (Å²) in [6.45, 7) is 3.85. The van der Waals surface area contributed by atoms with E-state index in [0.29, 0.717) is 5.92 Å². The van der Waals surface area contributed by atoms with Crippen LogP contribution in [0, 0.1) is 0 Å². The first kappa shape index (κ1) is 10.9. The van der Waals surface area contributed by atoms with Gasteiger partial charge in [-0.05, 0) is 28.1 Å². The average molecular weight is 257 g/mol. The fourth-order valence-electron chi connectivity index (χ4n) is 1.28. The van der Waals surface area contributed by atoms with E-state index in [-0.39, 0.29) is 0 Å². The maximum atomic E-state index is 4.34. The molecule has 0 nitrogen and oxygen atoms in total. The Morgan fingerprint density at radius 2 is 2.00 bits per heavy atom. The van der Waals surface area contributed by atoms with Gasteiger partial charge in [-0.3, -0.25) is 0 Å². The summed E-state index contributed by atoms with van der Waals surface area (Å²) in [4.78, 5) is 0. The SMILES string of the molecule is C=C(Br)CC(CS)c1ccccc1. The van der Waals surface area contributed by atoms with Gasteiger partial charge in [-0.25, -0.2) is 0 Å². The Labute approximate surface area is 93.6 Å². The Balaban J connectivity index is 2.73. The highest BCUT2D eigenvalue weighted by Crippen LogP contribution is 2.26. The molecule has 0 fully saturated rings. The molecule has 13 heavy (non-hydrogen) atoms. The highest BCUT2D eigenvalue weighted by Gasteiger charge is 2.09. The van der Waals surface area contributed by atoms with Gasteiger partial charge in [0.2, 0.25) is 0 Å². The first-order valence-electron chi connectivity index (χ1n) is 4.23. The van der Waals surface area contributed by atoms with Crippen molar-refractivity contribution in [2.75, 3.05) is 5.75 Å². The fourth-order valence-corrected chi connectivity index (χ4v) is 2.01. The molecule has 0 aliphatic rings. The molecule has 0 saturated carbocycles. The molecule has 0 radical (unpaired) electrons. The van der Waals surface area contributed by atoms with Crippen molar-refractivity contribution in [1.29, 1.82) is 0 Å². The van der Waals surface area contributed by atoms with Crippen LogP contribution in [-0.2, 0) is 0 Å². The number of thiol groups is 1. The Bertz CT molecular complexity index is 269. The van der Waals surface area contributed by atoms with Crippen LogP contribution in [0.1, 0.15) is 17.9 Å². The van der Waals surface area contributed by atoms with Crippen LogP contribution in [0.4, 0.5) is 0 Å². The zero-order valence-corrected chi connectivity index (χ0v) is 9.89. The summed E-state index contributed by atoms with van der Waals surface area (Å²) in [5, 5.41) is 0. The number of halogens is 1. The zero-order valence-electron chi connectivity index (χ0n) is 7.41. The molecule has 2 heteroatoms. The normalized spacial score (nSPS) is 12.5. The fraction of sp³-hybridized carbons (Fsp3) is 0.273. The van der Waals surface area contributed by atoms with Crippen molar-refractivity contribution in [2.24, 2.45) is 0 Å². The Hall–Kier alpha value is -0.210. The van der Waals surface area contributed by atoms with E-state index in [1.807, 2.05) is 6.07 Å². The minimum atomic E-state index is 0.469. The monoisotopic (exact) mass is 256 g/mol. The summed E-state index contributed by atoms with van der Waals surface area (Å²) in [6.07, 6.45) is 0.952. The molecule has 0 bridgehead atoms. The molecule has 1 aromatic carbocycles. The van der Waals surface area contributed by atoms with Gasteiger partial charge in [-0.15, -0.1) is 0 Å². The third-order valence-electron chi connectivity index (χ3n) is 1.96. The Morgan fingerprint density at radius 3 is 2.46 bits per heavy atom. The smallest absolute Gasteiger partial charge is 0.00255 e. The van der Waals surface area contributed by atoms with Gasteiger partial charge in [0.25, 0.3) is 0 Å². The highest BCUT2D eigenvalue weighted by molar-refractivity contribution is 9.11. The Morgan fingerprint density at radius 1 is 1.38 bits per heavy atom. The number of benzene rings is 1. The molecular formula is C11H13BrS. The van der Waals surface area contributed by atoms with Gasteiger partial charge in [-0.1, -0.05) is 52.8 Å². The lowest BCUT2D eigenvalue weighted by atomic mass is 9.98. The molecule has 1 unspecified atom stereocenters. The van der Waals surface area contributed by atoms with Gasteiger partial charge in [0.15, 0.2) is 0 Å². The van der Waals surface area contributed by atoms with Crippen LogP contribution < -0.4 is 0 Å². The molecule has 1 aromatic rings. The van der Waals surface area contributed by atoms with Crippen molar-refractivity contribution in [2.45, 2.75) is 12.3 Å². The number of hydrogen-bond acceptors (Lipinski definition) is 1. The van der Waals surface area contributed by atoms with Gasteiger partial charge >= 0.3 is 0 Å². The number of allylic oxidation sites excluding steroid dienone is 1. The van der Waals surface area contributed by atoms with Gasteiger partial charge < -0.3 is 0 Å². The van der Waals surface area contributed by atoms with Gasteiger partial charge in [0.1, 0.15) is 0 Å². The van der Waals surface area contributed by atoms with E-state index in [4.69, 9.17) is 0 Å². The molecule has 0 saturated heterocycles. The first-order chi connectivity index (χ1) is 6.24. The first-order valence-corrected chi connectivity index (χ1v) is 5.65. The molecule has 0 aliphatic heterocycles. The Kier molecular flexibility index (Phi) is 4.60. The van der Waals surface area contributed by atoms with E-state index in [2.05, 4.69) is 59.4 Å². The standard InChI is InChI=1S/C11H13BrS/c1-9(12)7-11(8-13)10-5-3-2-4-6-10/h2-6,11,13H,1,7-8H2. The third-order valence-corrected chi connectivity index (χ3v) is 2.72. The van der Waals surface area contributed by atoms with Crippen LogP contribution in [-0.4, -0.2) is 5.75 Å². The predicted octanol–water partition coefficient (Wildman–Crippen LogP) is 4.00. The van der Waals surface area contributed by atoms with E-state index in [1.165, 1.54) is 5.56 Å². The van der Waals surface area contributed by atoms with Gasteiger partial charge in [0.05, 0.1) is 0 Å². The van der Waals surface area contributed by atoms with Crippen molar-refractivity contribution in [1.82, 2.24) is 0 Å². The molecule has 0 N–H and O–H groups in total. The van der Waals surface area contributed by atoms with E-state index < -0.39 is 0 Å². The van der Waals surface area contributed by atoms with Crippen molar-refractivity contribution in [3.63, 3.8) is 0 Å². The molecule has 0 amide bonds. The predicted molar refractivity (Wildman–Crippen MR) is 65.7 cm³/mol. The second kappa shape index (κ2) is 5.51. The van der Waals surface area contributed by atoms with Crippen LogP contribution in [0.2, 0.25) is 0 Å². The topological polar surface area (TPSA) is 0 Å². The molecule has 0 aliphatic carbocycles. The lowest BCUT2D eigenvalue weighted by Crippen LogP contribution is -1.99. The summed E-state index contributed by atoms with van der Waals surface area (Å²) in [6, 6.07) is 10.4. The van der Waals surface area contributed by atoms with Crippen LogP contribution in [0.25, 0.3) is 0 Å². The quantitative estimate of drug-likeness (QED) is 0.774. The summed E-state index contributed by atoms with van der Waals surface area (Å²) >= 11 is 7.72.